The quantitative estimate of drug-likeness (QED) is 0.692. The van der Waals surface area contributed by atoms with E-state index < -0.39 is 0 Å². The maximum Gasteiger partial charge on any atom is 0.0440 e. The van der Waals surface area contributed by atoms with Crippen molar-refractivity contribution in [1.29, 1.82) is 0 Å². The predicted octanol–water partition coefficient (Wildman–Crippen LogP) is 5.49. The lowest BCUT2D eigenvalue weighted by atomic mass is 10.1. The van der Waals surface area contributed by atoms with Crippen molar-refractivity contribution in [3.63, 3.8) is 0 Å². The van der Waals surface area contributed by atoms with E-state index in [1.807, 2.05) is 0 Å². The Balaban J connectivity index is 2.35. The van der Waals surface area contributed by atoms with Crippen molar-refractivity contribution >= 4 is 11.4 Å². The third-order valence-electron chi connectivity index (χ3n) is 3.64. The fourth-order valence-corrected chi connectivity index (χ4v) is 2.49. The van der Waals surface area contributed by atoms with Gasteiger partial charge in [0.2, 0.25) is 0 Å². The van der Waals surface area contributed by atoms with Gasteiger partial charge in [-0.2, -0.15) is 0 Å². The number of rotatable bonds is 5. The van der Waals surface area contributed by atoms with Crippen LogP contribution in [-0.4, -0.2) is 6.54 Å². The molecule has 0 unspecified atom stereocenters. The van der Waals surface area contributed by atoms with Gasteiger partial charge in [-0.05, 0) is 49.9 Å². The molecule has 0 atom stereocenters. The molecule has 20 heavy (non-hydrogen) atoms. The molecule has 0 radical (unpaired) electrons. The van der Waals surface area contributed by atoms with Crippen LogP contribution in [0.15, 0.2) is 48.5 Å². The fourth-order valence-electron chi connectivity index (χ4n) is 2.49. The summed E-state index contributed by atoms with van der Waals surface area (Å²) >= 11 is 0. The largest absolute Gasteiger partial charge is 0.341 e. The Morgan fingerprint density at radius 2 is 1.65 bits per heavy atom. The van der Waals surface area contributed by atoms with Crippen LogP contribution in [0.2, 0.25) is 0 Å². The summed E-state index contributed by atoms with van der Waals surface area (Å²) in [4.78, 5) is 2.44. The van der Waals surface area contributed by atoms with Crippen LogP contribution in [0.5, 0.6) is 0 Å². The van der Waals surface area contributed by atoms with Gasteiger partial charge in [0.1, 0.15) is 0 Å². The number of hydrogen-bond acceptors (Lipinski definition) is 1. The molecular weight excluding hydrogens is 242 g/mol. The predicted molar refractivity (Wildman–Crippen MR) is 88.8 cm³/mol. The second-order valence-electron chi connectivity index (χ2n) is 5.96. The van der Waals surface area contributed by atoms with Crippen LogP contribution in [0.4, 0.5) is 11.4 Å². The summed E-state index contributed by atoms with van der Waals surface area (Å²) in [5.74, 6) is 0.715. The van der Waals surface area contributed by atoms with Gasteiger partial charge in [0.05, 0.1) is 0 Å². The topological polar surface area (TPSA) is 3.24 Å². The number of nitrogens with zero attached hydrogens (tertiary/aromatic N) is 1. The van der Waals surface area contributed by atoms with Crippen LogP contribution < -0.4 is 4.90 Å². The Kier molecular flexibility index (Phi) is 4.84. The van der Waals surface area contributed by atoms with E-state index in [4.69, 9.17) is 0 Å². The highest BCUT2D eigenvalue weighted by molar-refractivity contribution is 5.66. The molecule has 0 aliphatic heterocycles. The summed E-state index contributed by atoms with van der Waals surface area (Å²) in [5, 5.41) is 0. The molecule has 2 aromatic rings. The zero-order valence-electron chi connectivity index (χ0n) is 13.1. The summed E-state index contributed by atoms with van der Waals surface area (Å²) in [5.41, 5.74) is 5.27. The van der Waals surface area contributed by atoms with Crippen molar-refractivity contribution < 1.29 is 0 Å². The molecule has 2 aromatic carbocycles. The maximum absolute atomic E-state index is 2.44. The van der Waals surface area contributed by atoms with Crippen molar-refractivity contribution in [2.24, 2.45) is 5.92 Å². The van der Waals surface area contributed by atoms with E-state index in [1.54, 1.807) is 0 Å². The van der Waals surface area contributed by atoms with Crippen LogP contribution in [0, 0.1) is 19.8 Å². The van der Waals surface area contributed by atoms with Crippen molar-refractivity contribution in [1.82, 2.24) is 0 Å². The Morgan fingerprint density at radius 3 is 2.25 bits per heavy atom. The number of anilines is 2. The Labute approximate surface area is 123 Å². The van der Waals surface area contributed by atoms with E-state index in [-0.39, 0.29) is 0 Å². The highest BCUT2D eigenvalue weighted by atomic mass is 15.1. The van der Waals surface area contributed by atoms with E-state index in [2.05, 4.69) is 81.1 Å². The molecular formula is C19H25N. The van der Waals surface area contributed by atoms with Gasteiger partial charge in [0, 0.05) is 17.9 Å². The van der Waals surface area contributed by atoms with Gasteiger partial charge in [-0.15, -0.1) is 0 Å². The van der Waals surface area contributed by atoms with Crippen molar-refractivity contribution in [2.75, 3.05) is 11.4 Å². The zero-order valence-corrected chi connectivity index (χ0v) is 13.1. The molecule has 1 nitrogen and oxygen atoms in total. The number of para-hydroxylation sites is 1. The molecule has 0 saturated carbocycles. The molecule has 0 bridgehead atoms. The molecule has 0 N–H and O–H groups in total. The fraction of sp³-hybridized carbons (Fsp3) is 0.368. The third-order valence-corrected chi connectivity index (χ3v) is 3.64. The highest BCUT2D eigenvalue weighted by Gasteiger charge is 2.12. The molecule has 0 aromatic heterocycles. The van der Waals surface area contributed by atoms with Gasteiger partial charge >= 0.3 is 0 Å². The second-order valence-corrected chi connectivity index (χ2v) is 5.96. The van der Waals surface area contributed by atoms with Crippen LogP contribution >= 0.6 is 0 Å². The summed E-state index contributed by atoms with van der Waals surface area (Å²) in [7, 11) is 0. The van der Waals surface area contributed by atoms with Crippen LogP contribution in [0.25, 0.3) is 0 Å². The minimum Gasteiger partial charge on any atom is -0.341 e. The van der Waals surface area contributed by atoms with Gasteiger partial charge in [0.25, 0.3) is 0 Å². The lowest BCUT2D eigenvalue weighted by Gasteiger charge is -2.27. The smallest absolute Gasteiger partial charge is 0.0440 e. The summed E-state index contributed by atoms with van der Waals surface area (Å²) < 4.78 is 0. The van der Waals surface area contributed by atoms with Crippen molar-refractivity contribution in [3.05, 3.63) is 59.7 Å². The van der Waals surface area contributed by atoms with Gasteiger partial charge in [-0.25, -0.2) is 0 Å². The van der Waals surface area contributed by atoms with Gasteiger partial charge < -0.3 is 4.90 Å². The van der Waals surface area contributed by atoms with Gasteiger partial charge in [0.15, 0.2) is 0 Å². The molecule has 0 aliphatic rings. The van der Waals surface area contributed by atoms with E-state index in [1.165, 1.54) is 28.9 Å². The highest BCUT2D eigenvalue weighted by Crippen LogP contribution is 2.29. The maximum atomic E-state index is 2.44. The zero-order chi connectivity index (χ0) is 14.5. The first-order chi connectivity index (χ1) is 9.58. The first kappa shape index (κ1) is 14.6. The van der Waals surface area contributed by atoms with Crippen molar-refractivity contribution in [2.45, 2.75) is 34.1 Å². The minimum absolute atomic E-state index is 0.715. The monoisotopic (exact) mass is 267 g/mol. The molecule has 2 rings (SSSR count). The first-order valence-corrected chi connectivity index (χ1v) is 7.48. The average molecular weight is 267 g/mol. The van der Waals surface area contributed by atoms with E-state index in [0.29, 0.717) is 5.92 Å². The number of benzene rings is 2. The summed E-state index contributed by atoms with van der Waals surface area (Å²) in [6, 6.07) is 17.4. The lowest BCUT2D eigenvalue weighted by molar-refractivity contribution is 0.591. The molecule has 0 saturated heterocycles. The number of hydrogen-bond donors (Lipinski definition) is 0. The lowest BCUT2D eigenvalue weighted by Crippen LogP contribution is -2.20. The van der Waals surface area contributed by atoms with E-state index in [0.717, 1.165) is 6.54 Å². The molecule has 0 heterocycles. The minimum atomic E-state index is 0.715. The van der Waals surface area contributed by atoms with Crippen molar-refractivity contribution in [3.8, 4) is 0 Å². The van der Waals surface area contributed by atoms with Gasteiger partial charge in [-0.3, -0.25) is 0 Å². The Bertz CT molecular complexity index is 543. The van der Waals surface area contributed by atoms with E-state index >= 15 is 0 Å². The molecule has 0 spiro atoms. The number of aryl methyl sites for hydroxylation is 2. The summed E-state index contributed by atoms with van der Waals surface area (Å²) in [6.07, 6.45) is 1.20. The van der Waals surface area contributed by atoms with E-state index in [9.17, 15) is 0 Å². The Hall–Kier alpha value is -1.76. The standard InChI is InChI=1S/C19H25N/c1-15(2)12-13-20(18-8-6-5-7-9-18)19-11-10-16(3)14-17(19)4/h5-11,14-15H,12-13H2,1-4H3. The van der Waals surface area contributed by atoms with Crippen LogP contribution in [0.1, 0.15) is 31.4 Å². The average Bonchev–Trinajstić information content (AvgIpc) is 2.42. The van der Waals surface area contributed by atoms with Gasteiger partial charge in [-0.1, -0.05) is 49.7 Å². The van der Waals surface area contributed by atoms with Crippen LogP contribution in [0.3, 0.4) is 0 Å². The third kappa shape index (κ3) is 3.63. The molecule has 0 fully saturated rings. The normalized spacial score (nSPS) is 10.8. The molecule has 1 heteroatoms. The summed E-state index contributed by atoms with van der Waals surface area (Å²) in [6.45, 7) is 9.98. The SMILES string of the molecule is Cc1ccc(N(CCC(C)C)c2ccccc2)c(C)c1. The molecule has 0 amide bonds. The molecule has 106 valence electrons. The van der Waals surface area contributed by atoms with Crippen LogP contribution in [-0.2, 0) is 0 Å². The molecule has 0 aliphatic carbocycles. The Morgan fingerprint density at radius 1 is 0.950 bits per heavy atom. The first-order valence-electron chi connectivity index (χ1n) is 7.48. The second kappa shape index (κ2) is 6.60.